The van der Waals surface area contributed by atoms with Crippen molar-refractivity contribution in [1.82, 2.24) is 0 Å². The van der Waals surface area contributed by atoms with Crippen LogP contribution in [0.5, 0.6) is 0 Å². The molecule has 3 heteroatoms. The summed E-state index contributed by atoms with van der Waals surface area (Å²) in [5.41, 5.74) is 8.05. The highest BCUT2D eigenvalue weighted by Crippen LogP contribution is 2.47. The maximum atomic E-state index is 6.45. The quantitative estimate of drug-likeness (QED) is 0.863. The molecule has 0 aromatic heterocycles. The van der Waals surface area contributed by atoms with Crippen molar-refractivity contribution in [1.29, 1.82) is 0 Å². The lowest BCUT2D eigenvalue weighted by Gasteiger charge is -2.47. The molecule has 1 unspecified atom stereocenters. The van der Waals surface area contributed by atoms with Crippen LogP contribution in [0.1, 0.15) is 45.1 Å². The van der Waals surface area contributed by atoms with Gasteiger partial charge in [0.05, 0.1) is 0 Å². The van der Waals surface area contributed by atoms with Crippen LogP contribution in [0, 0.1) is 5.92 Å². The third-order valence-corrected chi connectivity index (χ3v) is 4.35. The molecule has 1 fully saturated rings. The van der Waals surface area contributed by atoms with Crippen LogP contribution < -0.4 is 5.73 Å². The van der Waals surface area contributed by atoms with E-state index in [9.17, 15) is 0 Å². The highest BCUT2D eigenvalue weighted by atomic mass is 35.5. The summed E-state index contributed by atoms with van der Waals surface area (Å²) in [5.74, 6) is 0.662. The van der Waals surface area contributed by atoms with Gasteiger partial charge in [-0.2, -0.15) is 0 Å². The Bertz CT molecular complexity index is 369. The van der Waals surface area contributed by atoms with Gasteiger partial charge in [0.15, 0.2) is 0 Å². The fraction of sp³-hybridized carbons (Fsp3) is 0.600. The van der Waals surface area contributed by atoms with Crippen LogP contribution in [0.15, 0.2) is 24.3 Å². The molecule has 0 saturated heterocycles. The summed E-state index contributed by atoms with van der Waals surface area (Å²) in [6.45, 7) is 4.49. The second-order valence-corrected chi connectivity index (χ2v) is 6.19. The Morgan fingerprint density at radius 2 is 1.78 bits per heavy atom. The Kier molecular flexibility index (Phi) is 5.51. The molecule has 0 spiro atoms. The number of hydrogen-bond donors (Lipinski definition) is 1. The Morgan fingerprint density at radius 3 is 2.17 bits per heavy atom. The van der Waals surface area contributed by atoms with Gasteiger partial charge >= 0.3 is 0 Å². The molecule has 1 aliphatic carbocycles. The topological polar surface area (TPSA) is 26.0 Å². The second kappa shape index (κ2) is 6.27. The molecule has 0 radical (unpaired) electrons. The number of benzene rings is 1. The van der Waals surface area contributed by atoms with Crippen LogP contribution in [0.2, 0.25) is 5.02 Å². The van der Waals surface area contributed by atoms with Crippen molar-refractivity contribution in [2.45, 2.75) is 51.0 Å². The average Bonchev–Trinajstić information content (AvgIpc) is 2.18. The van der Waals surface area contributed by atoms with E-state index in [0.29, 0.717) is 5.92 Å². The molecule has 2 rings (SSSR count). The normalized spacial score (nSPS) is 18.9. The van der Waals surface area contributed by atoms with Crippen molar-refractivity contribution in [2.75, 3.05) is 0 Å². The summed E-state index contributed by atoms with van der Waals surface area (Å²) in [5, 5.41) is 0.806. The molecule has 0 heterocycles. The molecule has 1 saturated carbocycles. The number of nitrogens with two attached hydrogens (primary N) is 1. The SMILES string of the molecule is CC(C)CC(N)C1(c2ccc(Cl)cc2)CCC1.Cl. The smallest absolute Gasteiger partial charge is 0.0406 e. The average molecular weight is 288 g/mol. The standard InChI is InChI=1S/C15H22ClN.ClH/c1-11(2)10-14(17)15(8-3-9-15)12-4-6-13(16)7-5-12;/h4-7,11,14H,3,8-10,17H2,1-2H3;1H. The van der Waals surface area contributed by atoms with E-state index in [0.717, 1.165) is 11.4 Å². The van der Waals surface area contributed by atoms with Crippen molar-refractivity contribution in [3.05, 3.63) is 34.9 Å². The van der Waals surface area contributed by atoms with E-state index in [4.69, 9.17) is 17.3 Å². The van der Waals surface area contributed by atoms with Gasteiger partial charge in [0.2, 0.25) is 0 Å². The van der Waals surface area contributed by atoms with E-state index >= 15 is 0 Å². The maximum Gasteiger partial charge on any atom is 0.0406 e. The zero-order chi connectivity index (χ0) is 12.5. The molecule has 1 aliphatic rings. The van der Waals surface area contributed by atoms with E-state index < -0.39 is 0 Å². The first kappa shape index (κ1) is 15.8. The molecule has 1 aromatic rings. The molecule has 1 nitrogen and oxygen atoms in total. The lowest BCUT2D eigenvalue weighted by atomic mass is 9.59. The molecular formula is C15H23Cl2N. The van der Waals surface area contributed by atoms with Crippen molar-refractivity contribution in [3.63, 3.8) is 0 Å². The first-order chi connectivity index (χ1) is 8.04. The minimum Gasteiger partial charge on any atom is -0.327 e. The van der Waals surface area contributed by atoms with Crippen molar-refractivity contribution >= 4 is 24.0 Å². The van der Waals surface area contributed by atoms with E-state index in [1.807, 2.05) is 12.1 Å². The monoisotopic (exact) mass is 287 g/mol. The summed E-state index contributed by atoms with van der Waals surface area (Å²) in [7, 11) is 0. The molecule has 18 heavy (non-hydrogen) atoms. The fourth-order valence-corrected chi connectivity index (χ4v) is 3.07. The maximum absolute atomic E-state index is 6.45. The van der Waals surface area contributed by atoms with Crippen LogP contribution in [0.25, 0.3) is 0 Å². The van der Waals surface area contributed by atoms with E-state index in [2.05, 4.69) is 26.0 Å². The second-order valence-electron chi connectivity index (χ2n) is 5.75. The van der Waals surface area contributed by atoms with Crippen LogP contribution in [0.4, 0.5) is 0 Å². The Balaban J connectivity index is 0.00000162. The summed E-state index contributed by atoms with van der Waals surface area (Å²) in [6, 6.07) is 8.55. The lowest BCUT2D eigenvalue weighted by Crippen LogP contribution is -2.50. The summed E-state index contributed by atoms with van der Waals surface area (Å²) >= 11 is 5.96. The molecule has 1 aromatic carbocycles. The first-order valence-corrected chi connectivity index (χ1v) is 6.94. The van der Waals surface area contributed by atoms with Crippen LogP contribution >= 0.6 is 24.0 Å². The van der Waals surface area contributed by atoms with E-state index in [1.165, 1.54) is 24.8 Å². The van der Waals surface area contributed by atoms with Gasteiger partial charge in [-0.3, -0.25) is 0 Å². The van der Waals surface area contributed by atoms with Gasteiger partial charge in [-0.15, -0.1) is 12.4 Å². The molecular weight excluding hydrogens is 265 g/mol. The molecule has 2 N–H and O–H groups in total. The van der Waals surface area contributed by atoms with Gasteiger partial charge in [0.25, 0.3) is 0 Å². The summed E-state index contributed by atoms with van der Waals surface area (Å²) in [4.78, 5) is 0. The minimum absolute atomic E-state index is 0. The van der Waals surface area contributed by atoms with Gasteiger partial charge in [0, 0.05) is 16.5 Å². The van der Waals surface area contributed by atoms with Crippen molar-refractivity contribution in [2.24, 2.45) is 11.7 Å². The number of rotatable bonds is 4. The summed E-state index contributed by atoms with van der Waals surface area (Å²) in [6.07, 6.45) is 4.85. The van der Waals surface area contributed by atoms with Gasteiger partial charge in [-0.1, -0.05) is 44.0 Å². The van der Waals surface area contributed by atoms with Gasteiger partial charge < -0.3 is 5.73 Å². The number of halogens is 2. The fourth-order valence-electron chi connectivity index (χ4n) is 2.95. The van der Waals surface area contributed by atoms with Gasteiger partial charge in [0.1, 0.15) is 0 Å². The zero-order valence-electron chi connectivity index (χ0n) is 11.2. The molecule has 0 bridgehead atoms. The molecule has 1 atom stereocenters. The van der Waals surface area contributed by atoms with Crippen molar-refractivity contribution < 1.29 is 0 Å². The molecule has 0 aliphatic heterocycles. The van der Waals surface area contributed by atoms with Gasteiger partial charge in [-0.25, -0.2) is 0 Å². The third-order valence-electron chi connectivity index (χ3n) is 4.10. The zero-order valence-corrected chi connectivity index (χ0v) is 12.7. The lowest BCUT2D eigenvalue weighted by molar-refractivity contribution is 0.178. The Hall–Kier alpha value is -0.240. The highest BCUT2D eigenvalue weighted by molar-refractivity contribution is 6.30. The predicted octanol–water partition coefficient (Wildman–Crippen LogP) is 4.56. The summed E-state index contributed by atoms with van der Waals surface area (Å²) < 4.78 is 0. The highest BCUT2D eigenvalue weighted by Gasteiger charge is 2.43. The number of hydrogen-bond acceptors (Lipinski definition) is 1. The largest absolute Gasteiger partial charge is 0.327 e. The van der Waals surface area contributed by atoms with Gasteiger partial charge in [-0.05, 0) is 42.9 Å². The van der Waals surface area contributed by atoms with Crippen LogP contribution in [-0.4, -0.2) is 6.04 Å². The third kappa shape index (κ3) is 3.01. The van der Waals surface area contributed by atoms with Crippen molar-refractivity contribution in [3.8, 4) is 0 Å². The van der Waals surface area contributed by atoms with Crippen LogP contribution in [0.3, 0.4) is 0 Å². The minimum atomic E-state index is 0. The molecule has 0 amide bonds. The van der Waals surface area contributed by atoms with E-state index in [1.54, 1.807) is 0 Å². The Labute approximate surface area is 122 Å². The van der Waals surface area contributed by atoms with Crippen LogP contribution in [-0.2, 0) is 5.41 Å². The van der Waals surface area contributed by atoms with E-state index in [-0.39, 0.29) is 23.9 Å². The first-order valence-electron chi connectivity index (χ1n) is 6.56. The predicted molar refractivity (Wildman–Crippen MR) is 81.7 cm³/mol. The molecule has 102 valence electrons. The Morgan fingerprint density at radius 1 is 1.22 bits per heavy atom.